The predicted octanol–water partition coefficient (Wildman–Crippen LogP) is 4.60. The van der Waals surface area contributed by atoms with Gasteiger partial charge in [0.1, 0.15) is 0 Å². The predicted molar refractivity (Wildman–Crippen MR) is 103 cm³/mol. The number of halogens is 2. The smallest absolute Gasteiger partial charge is 0.226 e. The van der Waals surface area contributed by atoms with Crippen LogP contribution in [0.2, 0.25) is 5.02 Å². The lowest BCUT2D eigenvalue weighted by atomic mass is 9.93. The maximum absolute atomic E-state index is 12.1. The number of rotatable bonds is 5. The van der Waals surface area contributed by atoms with Crippen molar-refractivity contribution in [2.24, 2.45) is 5.92 Å². The van der Waals surface area contributed by atoms with Gasteiger partial charge in [-0.3, -0.25) is 4.79 Å². The molecule has 1 saturated heterocycles. The Labute approximate surface area is 157 Å². The van der Waals surface area contributed by atoms with Crippen LogP contribution in [0.1, 0.15) is 25.7 Å². The number of hydrogen-bond acceptors (Lipinski definition) is 4. The second-order valence-corrected chi connectivity index (χ2v) is 7.12. The van der Waals surface area contributed by atoms with Gasteiger partial charge in [-0.15, -0.1) is 23.7 Å². The number of hydrogen-bond donors (Lipinski definition) is 2. The Bertz CT molecular complexity index is 671. The highest BCUT2D eigenvalue weighted by Gasteiger charge is 2.15. The first-order valence-corrected chi connectivity index (χ1v) is 9.18. The van der Waals surface area contributed by atoms with Crippen molar-refractivity contribution in [1.82, 2.24) is 10.3 Å². The molecule has 0 saturated carbocycles. The van der Waals surface area contributed by atoms with Gasteiger partial charge in [-0.2, -0.15) is 0 Å². The summed E-state index contributed by atoms with van der Waals surface area (Å²) in [5, 5.41) is 9.52. The van der Waals surface area contributed by atoms with Crippen molar-refractivity contribution in [3.8, 4) is 11.3 Å². The van der Waals surface area contributed by atoms with Crippen molar-refractivity contribution >= 4 is 46.4 Å². The molecular formula is C17H21Cl2N3OS. The molecule has 0 spiro atoms. The second-order valence-electron chi connectivity index (χ2n) is 5.83. The Morgan fingerprint density at radius 3 is 2.92 bits per heavy atom. The molecule has 3 rings (SSSR count). The molecule has 1 fully saturated rings. The van der Waals surface area contributed by atoms with Crippen LogP contribution in [0.4, 0.5) is 5.13 Å². The molecule has 4 nitrogen and oxygen atoms in total. The van der Waals surface area contributed by atoms with E-state index in [1.165, 1.54) is 24.2 Å². The van der Waals surface area contributed by atoms with Gasteiger partial charge in [0, 0.05) is 22.4 Å². The quantitative estimate of drug-likeness (QED) is 0.790. The van der Waals surface area contributed by atoms with Crippen molar-refractivity contribution in [3.63, 3.8) is 0 Å². The van der Waals surface area contributed by atoms with Gasteiger partial charge in [0.2, 0.25) is 5.91 Å². The summed E-state index contributed by atoms with van der Waals surface area (Å²) >= 11 is 7.45. The highest BCUT2D eigenvalue weighted by Crippen LogP contribution is 2.27. The number of benzene rings is 1. The molecule has 2 aromatic rings. The van der Waals surface area contributed by atoms with Crippen LogP contribution in [-0.2, 0) is 4.79 Å². The molecule has 0 aliphatic carbocycles. The monoisotopic (exact) mass is 385 g/mol. The zero-order chi connectivity index (χ0) is 16.1. The maximum Gasteiger partial charge on any atom is 0.226 e. The molecule has 1 amide bonds. The minimum atomic E-state index is 0. The maximum atomic E-state index is 12.1. The van der Waals surface area contributed by atoms with Crippen LogP contribution >= 0.6 is 35.3 Å². The van der Waals surface area contributed by atoms with E-state index in [9.17, 15) is 4.79 Å². The SMILES string of the molecule is Cl.O=C(CCC1CCNCC1)Nc1nc(-c2cccc(Cl)c2)cs1. The van der Waals surface area contributed by atoms with Crippen molar-refractivity contribution in [2.45, 2.75) is 25.7 Å². The van der Waals surface area contributed by atoms with Gasteiger partial charge in [-0.25, -0.2) is 4.98 Å². The molecule has 0 bridgehead atoms. The zero-order valence-electron chi connectivity index (χ0n) is 13.3. The topological polar surface area (TPSA) is 54.0 Å². The number of piperidine rings is 1. The van der Waals surface area contributed by atoms with E-state index in [1.54, 1.807) is 0 Å². The highest BCUT2D eigenvalue weighted by atomic mass is 35.5. The third kappa shape index (κ3) is 5.45. The Hall–Kier alpha value is -1.14. The molecule has 0 radical (unpaired) electrons. The van der Waals surface area contributed by atoms with Gasteiger partial charge in [0.15, 0.2) is 5.13 Å². The van der Waals surface area contributed by atoms with Crippen LogP contribution in [0, 0.1) is 5.92 Å². The molecule has 130 valence electrons. The molecule has 24 heavy (non-hydrogen) atoms. The number of aromatic nitrogens is 1. The third-order valence-corrected chi connectivity index (χ3v) is 5.10. The lowest BCUT2D eigenvalue weighted by Gasteiger charge is -2.21. The van der Waals surface area contributed by atoms with Crippen LogP contribution in [0.5, 0.6) is 0 Å². The van der Waals surface area contributed by atoms with Crippen LogP contribution < -0.4 is 10.6 Å². The fraction of sp³-hybridized carbons (Fsp3) is 0.412. The fourth-order valence-corrected chi connectivity index (χ4v) is 3.73. The van der Waals surface area contributed by atoms with Gasteiger partial charge in [0.25, 0.3) is 0 Å². The Kier molecular flexibility index (Phi) is 7.49. The number of nitrogens with one attached hydrogen (secondary N) is 2. The van der Waals surface area contributed by atoms with Crippen LogP contribution in [-0.4, -0.2) is 24.0 Å². The van der Waals surface area contributed by atoms with Crippen molar-refractivity contribution in [1.29, 1.82) is 0 Å². The lowest BCUT2D eigenvalue weighted by molar-refractivity contribution is -0.116. The summed E-state index contributed by atoms with van der Waals surface area (Å²) in [6.45, 7) is 2.14. The molecule has 0 atom stereocenters. The molecule has 7 heteroatoms. The zero-order valence-corrected chi connectivity index (χ0v) is 15.6. The summed E-state index contributed by atoms with van der Waals surface area (Å²) in [6, 6.07) is 7.57. The first-order chi connectivity index (χ1) is 11.2. The molecule has 1 aromatic heterocycles. The Morgan fingerprint density at radius 2 is 2.17 bits per heavy atom. The second kappa shape index (κ2) is 9.37. The van der Waals surface area contributed by atoms with E-state index in [1.807, 2.05) is 29.6 Å². The standard InChI is InChI=1S/C17H20ClN3OS.ClH/c18-14-3-1-2-13(10-14)15-11-23-17(20-15)21-16(22)5-4-12-6-8-19-9-7-12;/h1-3,10-12,19H,4-9H2,(H,20,21,22);1H. The normalized spacial score (nSPS) is 14.9. The highest BCUT2D eigenvalue weighted by molar-refractivity contribution is 7.14. The average molecular weight is 386 g/mol. The van der Waals surface area contributed by atoms with E-state index in [0.29, 0.717) is 22.5 Å². The van der Waals surface area contributed by atoms with Gasteiger partial charge in [-0.1, -0.05) is 23.7 Å². The molecule has 2 N–H and O–H groups in total. The molecule has 1 aromatic carbocycles. The average Bonchev–Trinajstić information content (AvgIpc) is 3.02. The van der Waals surface area contributed by atoms with Crippen molar-refractivity contribution in [3.05, 3.63) is 34.7 Å². The summed E-state index contributed by atoms with van der Waals surface area (Å²) in [4.78, 5) is 16.5. The van der Waals surface area contributed by atoms with E-state index in [0.717, 1.165) is 30.8 Å². The largest absolute Gasteiger partial charge is 0.317 e. The van der Waals surface area contributed by atoms with E-state index in [-0.39, 0.29) is 18.3 Å². The van der Waals surface area contributed by atoms with Gasteiger partial charge < -0.3 is 10.6 Å². The van der Waals surface area contributed by atoms with Crippen LogP contribution in [0.3, 0.4) is 0 Å². The molecule has 0 unspecified atom stereocenters. The summed E-state index contributed by atoms with van der Waals surface area (Å²) < 4.78 is 0. The van der Waals surface area contributed by atoms with Crippen LogP contribution in [0.25, 0.3) is 11.3 Å². The lowest BCUT2D eigenvalue weighted by Crippen LogP contribution is -2.28. The Balaban J connectivity index is 0.00000208. The van der Waals surface area contributed by atoms with Crippen LogP contribution in [0.15, 0.2) is 29.6 Å². The number of amides is 1. The minimum Gasteiger partial charge on any atom is -0.317 e. The number of thiazole rings is 1. The summed E-state index contributed by atoms with van der Waals surface area (Å²) in [5.74, 6) is 0.718. The van der Waals surface area contributed by atoms with Gasteiger partial charge in [-0.05, 0) is 50.4 Å². The van der Waals surface area contributed by atoms with E-state index >= 15 is 0 Å². The molecular weight excluding hydrogens is 365 g/mol. The molecule has 1 aliphatic heterocycles. The Morgan fingerprint density at radius 1 is 1.38 bits per heavy atom. The van der Waals surface area contributed by atoms with Gasteiger partial charge >= 0.3 is 0 Å². The van der Waals surface area contributed by atoms with Crippen molar-refractivity contribution in [2.75, 3.05) is 18.4 Å². The summed E-state index contributed by atoms with van der Waals surface area (Å²) in [7, 11) is 0. The molecule has 2 heterocycles. The summed E-state index contributed by atoms with van der Waals surface area (Å²) in [6.07, 6.45) is 3.86. The number of carbonyl (C=O) groups excluding carboxylic acids is 1. The first-order valence-electron chi connectivity index (χ1n) is 7.93. The van der Waals surface area contributed by atoms with Gasteiger partial charge in [0.05, 0.1) is 5.69 Å². The number of nitrogens with zero attached hydrogens (tertiary/aromatic N) is 1. The van der Waals surface area contributed by atoms with E-state index in [4.69, 9.17) is 11.6 Å². The minimum absolute atomic E-state index is 0. The van der Waals surface area contributed by atoms with E-state index in [2.05, 4.69) is 15.6 Å². The third-order valence-electron chi connectivity index (χ3n) is 4.11. The number of anilines is 1. The summed E-state index contributed by atoms with van der Waals surface area (Å²) in [5.41, 5.74) is 1.80. The fourth-order valence-electron chi connectivity index (χ4n) is 2.80. The number of carbonyl (C=O) groups is 1. The molecule has 1 aliphatic rings. The van der Waals surface area contributed by atoms with E-state index < -0.39 is 0 Å². The van der Waals surface area contributed by atoms with Crippen molar-refractivity contribution < 1.29 is 4.79 Å². The first kappa shape index (κ1) is 19.2.